The summed E-state index contributed by atoms with van der Waals surface area (Å²) in [6, 6.07) is 5.91. The summed E-state index contributed by atoms with van der Waals surface area (Å²) in [4.78, 5) is 27.7. The summed E-state index contributed by atoms with van der Waals surface area (Å²) in [5, 5.41) is 16.4. The number of hydrogen-bond acceptors (Lipinski definition) is 4. The number of nitrogens with one attached hydrogen (secondary N) is 1. The third kappa shape index (κ3) is 3.29. The molecular formula is C17H20N4O3. The van der Waals surface area contributed by atoms with Crippen molar-refractivity contribution in [1.29, 1.82) is 0 Å². The summed E-state index contributed by atoms with van der Waals surface area (Å²) >= 11 is 0. The van der Waals surface area contributed by atoms with Crippen molar-refractivity contribution >= 4 is 11.9 Å². The molecule has 1 unspecified atom stereocenters. The first-order valence-electron chi connectivity index (χ1n) is 8.02. The van der Waals surface area contributed by atoms with Crippen LogP contribution < -0.4 is 5.32 Å². The van der Waals surface area contributed by atoms with Gasteiger partial charge < -0.3 is 10.4 Å². The number of carbonyl (C=O) groups excluding carboxylic acids is 1. The van der Waals surface area contributed by atoms with E-state index in [4.69, 9.17) is 5.11 Å². The molecule has 0 spiro atoms. The zero-order valence-electron chi connectivity index (χ0n) is 13.7. The molecule has 1 atom stereocenters. The highest BCUT2D eigenvalue weighted by atomic mass is 16.4. The molecule has 1 aromatic carbocycles. The maximum absolute atomic E-state index is 12.3. The van der Waals surface area contributed by atoms with Gasteiger partial charge in [-0.1, -0.05) is 13.8 Å². The molecular weight excluding hydrogens is 308 g/mol. The van der Waals surface area contributed by atoms with Crippen molar-refractivity contribution in [3.05, 3.63) is 47.0 Å². The molecule has 7 heteroatoms. The first-order valence-corrected chi connectivity index (χ1v) is 8.02. The Hall–Kier alpha value is -2.70. The maximum atomic E-state index is 12.3. The number of aromatic nitrogens is 3. The van der Waals surface area contributed by atoms with E-state index in [9.17, 15) is 9.59 Å². The van der Waals surface area contributed by atoms with Crippen LogP contribution >= 0.6 is 0 Å². The summed E-state index contributed by atoms with van der Waals surface area (Å²) in [6.45, 7) is 4.72. The SMILES string of the molecule is CC(C)c1nc2n(n1)CC(NC(=O)c1ccc(C(=O)O)cc1)CC2. The molecule has 0 bridgehead atoms. The molecule has 126 valence electrons. The molecule has 2 N–H and O–H groups in total. The van der Waals surface area contributed by atoms with Gasteiger partial charge in [-0.2, -0.15) is 5.10 Å². The van der Waals surface area contributed by atoms with E-state index in [2.05, 4.69) is 29.2 Å². The molecule has 7 nitrogen and oxygen atoms in total. The van der Waals surface area contributed by atoms with E-state index in [0.717, 1.165) is 24.5 Å². The summed E-state index contributed by atoms with van der Waals surface area (Å²) in [5.74, 6) is 0.874. The Balaban J connectivity index is 1.65. The van der Waals surface area contributed by atoms with Crippen LogP contribution in [0.4, 0.5) is 0 Å². The Morgan fingerprint density at radius 3 is 2.54 bits per heavy atom. The number of carboxylic acid groups (broad SMARTS) is 1. The molecule has 0 saturated carbocycles. The van der Waals surface area contributed by atoms with Gasteiger partial charge in [0.2, 0.25) is 0 Å². The van der Waals surface area contributed by atoms with Gasteiger partial charge in [0.05, 0.1) is 12.1 Å². The van der Waals surface area contributed by atoms with Crippen molar-refractivity contribution in [2.45, 2.75) is 45.2 Å². The normalized spacial score (nSPS) is 16.7. The van der Waals surface area contributed by atoms with E-state index in [1.54, 1.807) is 0 Å². The van der Waals surface area contributed by atoms with Crippen LogP contribution in [0.3, 0.4) is 0 Å². The second-order valence-electron chi connectivity index (χ2n) is 6.31. The van der Waals surface area contributed by atoms with E-state index in [-0.39, 0.29) is 23.4 Å². The van der Waals surface area contributed by atoms with Crippen LogP contribution in [-0.4, -0.2) is 37.8 Å². The van der Waals surface area contributed by atoms with Gasteiger partial charge in [-0.25, -0.2) is 14.5 Å². The van der Waals surface area contributed by atoms with Gasteiger partial charge in [-0.15, -0.1) is 0 Å². The van der Waals surface area contributed by atoms with Gasteiger partial charge in [0.25, 0.3) is 5.91 Å². The fraction of sp³-hybridized carbons (Fsp3) is 0.412. The number of hydrogen-bond donors (Lipinski definition) is 2. The molecule has 24 heavy (non-hydrogen) atoms. The summed E-state index contributed by atoms with van der Waals surface area (Å²) in [6.07, 6.45) is 1.60. The highest BCUT2D eigenvalue weighted by Crippen LogP contribution is 2.17. The number of rotatable bonds is 4. The third-order valence-electron chi connectivity index (χ3n) is 4.12. The van der Waals surface area contributed by atoms with Crippen LogP contribution in [0.5, 0.6) is 0 Å². The molecule has 1 amide bonds. The number of carboxylic acids is 1. The zero-order chi connectivity index (χ0) is 17.3. The second kappa shape index (κ2) is 6.43. The van der Waals surface area contributed by atoms with Crippen LogP contribution in [-0.2, 0) is 13.0 Å². The number of benzene rings is 1. The molecule has 0 saturated heterocycles. The summed E-state index contributed by atoms with van der Waals surface area (Å²) in [5.41, 5.74) is 0.616. The Morgan fingerprint density at radius 1 is 1.25 bits per heavy atom. The minimum atomic E-state index is -1.01. The lowest BCUT2D eigenvalue weighted by atomic mass is 10.1. The van der Waals surface area contributed by atoms with Crippen LogP contribution in [0.1, 0.15) is 58.6 Å². The Bertz CT molecular complexity index is 765. The van der Waals surface area contributed by atoms with Crippen molar-refractivity contribution in [2.24, 2.45) is 0 Å². The number of aryl methyl sites for hydroxylation is 1. The van der Waals surface area contributed by atoms with Crippen LogP contribution in [0, 0.1) is 0 Å². The van der Waals surface area contributed by atoms with Gasteiger partial charge >= 0.3 is 5.97 Å². The van der Waals surface area contributed by atoms with Gasteiger partial charge in [0, 0.05) is 23.9 Å². The third-order valence-corrected chi connectivity index (χ3v) is 4.12. The number of fused-ring (bicyclic) bond motifs is 1. The fourth-order valence-electron chi connectivity index (χ4n) is 2.72. The topological polar surface area (TPSA) is 97.1 Å². The molecule has 1 aromatic heterocycles. The highest BCUT2D eigenvalue weighted by molar-refractivity contribution is 5.96. The standard InChI is InChI=1S/C17H20N4O3/c1-10(2)15-19-14-8-7-13(9-21(14)20-15)18-16(22)11-3-5-12(6-4-11)17(23)24/h3-6,10,13H,7-9H2,1-2H3,(H,18,22)(H,23,24). The largest absolute Gasteiger partial charge is 0.478 e. The molecule has 2 heterocycles. The van der Waals surface area contributed by atoms with Crippen molar-refractivity contribution in [2.75, 3.05) is 0 Å². The smallest absolute Gasteiger partial charge is 0.335 e. The zero-order valence-corrected chi connectivity index (χ0v) is 13.7. The minimum absolute atomic E-state index is 0.00846. The summed E-state index contributed by atoms with van der Waals surface area (Å²) in [7, 11) is 0. The minimum Gasteiger partial charge on any atom is -0.478 e. The Labute approximate surface area is 139 Å². The van der Waals surface area contributed by atoms with E-state index in [1.165, 1.54) is 24.3 Å². The predicted molar refractivity (Wildman–Crippen MR) is 87.1 cm³/mol. The number of aromatic carboxylic acids is 1. The van der Waals surface area contributed by atoms with Gasteiger partial charge in [0.1, 0.15) is 5.82 Å². The van der Waals surface area contributed by atoms with E-state index < -0.39 is 5.97 Å². The lowest BCUT2D eigenvalue weighted by molar-refractivity contribution is 0.0696. The van der Waals surface area contributed by atoms with Gasteiger partial charge in [0.15, 0.2) is 5.82 Å². The monoisotopic (exact) mass is 328 g/mol. The number of nitrogens with zero attached hydrogens (tertiary/aromatic N) is 3. The first kappa shape index (κ1) is 16.2. The van der Waals surface area contributed by atoms with E-state index >= 15 is 0 Å². The number of amides is 1. The van der Waals surface area contributed by atoms with Crippen LogP contribution in [0.2, 0.25) is 0 Å². The average molecular weight is 328 g/mol. The van der Waals surface area contributed by atoms with Crippen molar-refractivity contribution < 1.29 is 14.7 Å². The van der Waals surface area contributed by atoms with Crippen molar-refractivity contribution in [1.82, 2.24) is 20.1 Å². The molecule has 3 rings (SSSR count). The highest BCUT2D eigenvalue weighted by Gasteiger charge is 2.24. The number of carbonyl (C=O) groups is 2. The molecule has 1 aliphatic heterocycles. The molecule has 1 aliphatic rings. The quantitative estimate of drug-likeness (QED) is 0.892. The van der Waals surface area contributed by atoms with E-state index in [0.29, 0.717) is 12.1 Å². The molecule has 0 aliphatic carbocycles. The van der Waals surface area contributed by atoms with Gasteiger partial charge in [-0.05, 0) is 30.7 Å². The lowest BCUT2D eigenvalue weighted by Gasteiger charge is -2.23. The molecule has 2 aromatic rings. The Morgan fingerprint density at radius 2 is 1.92 bits per heavy atom. The summed E-state index contributed by atoms with van der Waals surface area (Å²) < 4.78 is 1.87. The lowest BCUT2D eigenvalue weighted by Crippen LogP contribution is -2.41. The van der Waals surface area contributed by atoms with Crippen LogP contribution in [0.25, 0.3) is 0 Å². The average Bonchev–Trinajstić information content (AvgIpc) is 2.98. The first-order chi connectivity index (χ1) is 11.4. The Kier molecular flexibility index (Phi) is 4.33. The predicted octanol–water partition coefficient (Wildman–Crippen LogP) is 1.84. The van der Waals surface area contributed by atoms with E-state index in [1.807, 2.05) is 4.68 Å². The maximum Gasteiger partial charge on any atom is 0.335 e. The fourth-order valence-corrected chi connectivity index (χ4v) is 2.72. The molecule has 0 fully saturated rings. The van der Waals surface area contributed by atoms with Crippen molar-refractivity contribution in [3.8, 4) is 0 Å². The van der Waals surface area contributed by atoms with Gasteiger partial charge in [-0.3, -0.25) is 4.79 Å². The van der Waals surface area contributed by atoms with Crippen LogP contribution in [0.15, 0.2) is 24.3 Å². The van der Waals surface area contributed by atoms with Crippen molar-refractivity contribution in [3.63, 3.8) is 0 Å². The molecule has 0 radical (unpaired) electrons. The second-order valence-corrected chi connectivity index (χ2v) is 6.31.